The number of carbonyl (C=O) groups excluding carboxylic acids is 1. The van der Waals surface area contributed by atoms with Crippen LogP contribution in [0.15, 0.2) is 12.3 Å². The highest BCUT2D eigenvalue weighted by atomic mass is 16.2. The number of aromatic nitrogens is 1. The normalized spacial score (nSPS) is 23.3. The molecule has 0 spiro atoms. The number of nitrogens with two attached hydrogens (primary N) is 1. The molecule has 1 saturated heterocycles. The number of hydrogen-bond donors (Lipinski definition) is 2. The minimum absolute atomic E-state index is 0.0131. The van der Waals surface area contributed by atoms with E-state index in [0.29, 0.717) is 23.1 Å². The van der Waals surface area contributed by atoms with E-state index in [1.54, 1.807) is 12.3 Å². The molecule has 0 aliphatic carbocycles. The van der Waals surface area contributed by atoms with E-state index >= 15 is 0 Å². The zero-order chi connectivity index (χ0) is 14.0. The summed E-state index contributed by atoms with van der Waals surface area (Å²) < 4.78 is 0. The minimum atomic E-state index is 0.0131. The zero-order valence-corrected chi connectivity index (χ0v) is 11.8. The topological polar surface area (TPSA) is 71.2 Å². The van der Waals surface area contributed by atoms with Crippen molar-refractivity contribution >= 4 is 11.6 Å². The molecule has 0 saturated carbocycles. The van der Waals surface area contributed by atoms with Crippen LogP contribution >= 0.6 is 0 Å². The summed E-state index contributed by atoms with van der Waals surface area (Å²) in [5, 5.41) is 0. The maximum atomic E-state index is 12.5. The SMILES string of the molecule is Cc1cc(NN)c(C(=O)N2CCC(C)C(C)C2)cn1. The average molecular weight is 262 g/mol. The molecule has 5 nitrogen and oxygen atoms in total. The Balaban J connectivity index is 2.20. The van der Waals surface area contributed by atoms with E-state index in [9.17, 15) is 4.79 Å². The van der Waals surface area contributed by atoms with Crippen LogP contribution in [-0.4, -0.2) is 28.9 Å². The summed E-state index contributed by atoms with van der Waals surface area (Å²) in [6.07, 6.45) is 2.66. The first kappa shape index (κ1) is 13.8. The summed E-state index contributed by atoms with van der Waals surface area (Å²) in [4.78, 5) is 18.6. The quantitative estimate of drug-likeness (QED) is 0.629. The molecular formula is C14H22N4O. The first-order valence-corrected chi connectivity index (χ1v) is 6.75. The molecule has 2 heterocycles. The fourth-order valence-corrected chi connectivity index (χ4v) is 2.47. The number of nitrogen functional groups attached to an aromatic ring is 1. The third-order valence-electron chi connectivity index (χ3n) is 4.05. The number of aryl methyl sites for hydroxylation is 1. The van der Waals surface area contributed by atoms with Crippen molar-refractivity contribution in [1.82, 2.24) is 9.88 Å². The highest BCUT2D eigenvalue weighted by Gasteiger charge is 2.27. The Morgan fingerprint density at radius 1 is 1.47 bits per heavy atom. The maximum absolute atomic E-state index is 12.5. The van der Waals surface area contributed by atoms with Gasteiger partial charge in [-0.05, 0) is 31.2 Å². The van der Waals surface area contributed by atoms with Gasteiger partial charge in [0.1, 0.15) is 0 Å². The second-order valence-electron chi connectivity index (χ2n) is 5.51. The Bertz CT molecular complexity index is 475. The molecule has 1 aromatic rings. The molecule has 0 radical (unpaired) electrons. The van der Waals surface area contributed by atoms with Crippen LogP contribution in [0.4, 0.5) is 5.69 Å². The molecule has 1 aromatic heterocycles. The molecule has 2 atom stereocenters. The van der Waals surface area contributed by atoms with Crippen molar-refractivity contribution in [2.75, 3.05) is 18.5 Å². The van der Waals surface area contributed by atoms with Gasteiger partial charge in [-0.3, -0.25) is 15.6 Å². The Labute approximate surface area is 114 Å². The van der Waals surface area contributed by atoms with Gasteiger partial charge in [-0.25, -0.2) is 0 Å². The molecular weight excluding hydrogens is 240 g/mol. The number of rotatable bonds is 2. The van der Waals surface area contributed by atoms with Gasteiger partial charge in [-0.2, -0.15) is 0 Å². The Kier molecular flexibility index (Phi) is 4.04. The van der Waals surface area contributed by atoms with Gasteiger partial charge < -0.3 is 10.3 Å². The van der Waals surface area contributed by atoms with Crippen molar-refractivity contribution in [3.63, 3.8) is 0 Å². The summed E-state index contributed by atoms with van der Waals surface area (Å²) in [5.41, 5.74) is 4.62. The molecule has 5 heteroatoms. The third kappa shape index (κ3) is 2.87. The number of nitrogens with zero attached hydrogens (tertiary/aromatic N) is 2. The number of carbonyl (C=O) groups is 1. The second kappa shape index (κ2) is 5.57. The number of anilines is 1. The average Bonchev–Trinajstić information content (AvgIpc) is 2.41. The second-order valence-corrected chi connectivity index (χ2v) is 5.51. The van der Waals surface area contributed by atoms with E-state index in [2.05, 4.69) is 24.3 Å². The molecule has 0 bridgehead atoms. The maximum Gasteiger partial charge on any atom is 0.257 e. The smallest absolute Gasteiger partial charge is 0.257 e. The molecule has 1 fully saturated rings. The predicted molar refractivity (Wildman–Crippen MR) is 75.6 cm³/mol. The number of likely N-dealkylation sites (tertiary alicyclic amines) is 1. The highest BCUT2D eigenvalue weighted by Crippen LogP contribution is 2.25. The lowest BCUT2D eigenvalue weighted by Crippen LogP contribution is -2.42. The molecule has 1 aliphatic rings. The lowest BCUT2D eigenvalue weighted by Gasteiger charge is -2.35. The Morgan fingerprint density at radius 3 is 2.84 bits per heavy atom. The van der Waals surface area contributed by atoms with Crippen molar-refractivity contribution in [2.45, 2.75) is 27.2 Å². The molecule has 2 rings (SSSR count). The van der Waals surface area contributed by atoms with Gasteiger partial charge in [0.05, 0.1) is 11.3 Å². The predicted octanol–water partition coefficient (Wildman–Crippen LogP) is 1.79. The summed E-state index contributed by atoms with van der Waals surface area (Å²) >= 11 is 0. The first-order chi connectivity index (χ1) is 9.02. The number of piperidine rings is 1. The summed E-state index contributed by atoms with van der Waals surface area (Å²) in [6, 6.07) is 1.79. The summed E-state index contributed by atoms with van der Waals surface area (Å²) in [5.74, 6) is 6.71. The number of pyridine rings is 1. The number of hydrazine groups is 1. The van der Waals surface area contributed by atoms with Crippen molar-refractivity contribution < 1.29 is 4.79 Å². The van der Waals surface area contributed by atoms with E-state index in [0.717, 1.165) is 25.2 Å². The van der Waals surface area contributed by atoms with Crippen LogP contribution in [0.1, 0.15) is 36.3 Å². The Hall–Kier alpha value is -1.62. The van der Waals surface area contributed by atoms with E-state index in [-0.39, 0.29) is 5.91 Å². The van der Waals surface area contributed by atoms with E-state index < -0.39 is 0 Å². The van der Waals surface area contributed by atoms with Crippen molar-refractivity contribution in [3.8, 4) is 0 Å². The van der Waals surface area contributed by atoms with Crippen molar-refractivity contribution in [2.24, 2.45) is 17.7 Å². The molecule has 3 N–H and O–H groups in total. The van der Waals surface area contributed by atoms with Crippen LogP contribution in [0.3, 0.4) is 0 Å². The van der Waals surface area contributed by atoms with Gasteiger partial charge in [0, 0.05) is 25.0 Å². The van der Waals surface area contributed by atoms with Gasteiger partial charge in [0.25, 0.3) is 5.91 Å². The molecule has 2 unspecified atom stereocenters. The van der Waals surface area contributed by atoms with Gasteiger partial charge >= 0.3 is 0 Å². The number of hydrogen-bond acceptors (Lipinski definition) is 4. The van der Waals surface area contributed by atoms with Crippen LogP contribution in [0.5, 0.6) is 0 Å². The van der Waals surface area contributed by atoms with Gasteiger partial charge in [0.2, 0.25) is 0 Å². The Morgan fingerprint density at radius 2 is 2.21 bits per heavy atom. The van der Waals surface area contributed by atoms with Crippen LogP contribution in [-0.2, 0) is 0 Å². The van der Waals surface area contributed by atoms with Gasteiger partial charge in [0.15, 0.2) is 0 Å². The van der Waals surface area contributed by atoms with E-state index in [1.807, 2.05) is 11.8 Å². The largest absolute Gasteiger partial charge is 0.338 e. The molecule has 19 heavy (non-hydrogen) atoms. The fourth-order valence-electron chi connectivity index (χ4n) is 2.47. The highest BCUT2D eigenvalue weighted by molar-refractivity contribution is 5.99. The van der Waals surface area contributed by atoms with Crippen LogP contribution < -0.4 is 11.3 Å². The molecule has 0 aromatic carbocycles. The molecule has 1 aliphatic heterocycles. The monoisotopic (exact) mass is 262 g/mol. The molecule has 1 amide bonds. The van der Waals surface area contributed by atoms with Crippen LogP contribution in [0, 0.1) is 18.8 Å². The van der Waals surface area contributed by atoms with Crippen LogP contribution in [0.2, 0.25) is 0 Å². The standard InChI is InChI=1S/C14H22N4O/c1-9-4-5-18(8-10(9)2)14(19)12-7-16-11(3)6-13(12)17-15/h6-7,9-10H,4-5,8,15H2,1-3H3,(H,16,17). The minimum Gasteiger partial charge on any atom is -0.338 e. The van der Waals surface area contributed by atoms with Crippen molar-refractivity contribution in [3.05, 3.63) is 23.5 Å². The van der Waals surface area contributed by atoms with Gasteiger partial charge in [-0.15, -0.1) is 0 Å². The number of nitrogens with one attached hydrogen (secondary N) is 1. The lowest BCUT2D eigenvalue weighted by molar-refractivity contribution is 0.0628. The summed E-state index contributed by atoms with van der Waals surface area (Å²) in [7, 11) is 0. The van der Waals surface area contributed by atoms with Gasteiger partial charge in [-0.1, -0.05) is 13.8 Å². The zero-order valence-electron chi connectivity index (χ0n) is 11.8. The van der Waals surface area contributed by atoms with Crippen LogP contribution in [0.25, 0.3) is 0 Å². The first-order valence-electron chi connectivity index (χ1n) is 6.75. The third-order valence-corrected chi connectivity index (χ3v) is 4.05. The fraction of sp³-hybridized carbons (Fsp3) is 0.571. The summed E-state index contributed by atoms with van der Waals surface area (Å²) in [6.45, 7) is 7.92. The van der Waals surface area contributed by atoms with E-state index in [4.69, 9.17) is 5.84 Å². The lowest BCUT2D eigenvalue weighted by atomic mass is 9.88. The van der Waals surface area contributed by atoms with Crippen molar-refractivity contribution in [1.29, 1.82) is 0 Å². The molecule has 104 valence electrons. The van der Waals surface area contributed by atoms with E-state index in [1.165, 1.54) is 0 Å². The number of amides is 1.